The number of benzene rings is 2. The highest BCUT2D eigenvalue weighted by molar-refractivity contribution is 7.89. The van der Waals surface area contributed by atoms with Crippen molar-refractivity contribution in [2.75, 3.05) is 26.2 Å². The molecule has 33 heavy (non-hydrogen) atoms. The summed E-state index contributed by atoms with van der Waals surface area (Å²) in [6.07, 6.45) is 2.04. The normalized spacial score (nSPS) is 20.7. The number of nitrogens with two attached hydrogens (primary N) is 1. The van der Waals surface area contributed by atoms with Crippen LogP contribution < -0.4 is 21.4 Å². The number of hydrogen-bond acceptors (Lipinski definition) is 7. The van der Waals surface area contributed by atoms with E-state index in [9.17, 15) is 13.2 Å². The van der Waals surface area contributed by atoms with Crippen LogP contribution in [0.2, 0.25) is 0 Å². The van der Waals surface area contributed by atoms with E-state index in [1.807, 2.05) is 35.3 Å². The average Bonchev–Trinajstić information content (AvgIpc) is 3.27. The molecule has 2 heterocycles. The first-order chi connectivity index (χ1) is 15.9. The summed E-state index contributed by atoms with van der Waals surface area (Å²) >= 11 is 0. The molecule has 10 heteroatoms. The lowest BCUT2D eigenvalue weighted by Crippen LogP contribution is -2.46. The number of hydrogen-bond donors (Lipinski definition) is 4. The summed E-state index contributed by atoms with van der Waals surface area (Å²) in [7, 11) is -3.66. The molecule has 4 rings (SSSR count). The van der Waals surface area contributed by atoms with Crippen LogP contribution in [0.15, 0.2) is 59.5 Å². The van der Waals surface area contributed by atoms with Crippen molar-refractivity contribution in [2.24, 2.45) is 11.1 Å². The molecule has 2 saturated heterocycles. The van der Waals surface area contributed by atoms with E-state index in [1.165, 1.54) is 5.56 Å². The van der Waals surface area contributed by atoms with Crippen molar-refractivity contribution < 1.29 is 13.2 Å². The molecular formula is C23H32N6O3S. The molecule has 0 spiro atoms. The average molecular weight is 473 g/mol. The summed E-state index contributed by atoms with van der Waals surface area (Å²) in [5, 5.41) is 10.3. The molecule has 2 aliphatic rings. The quantitative estimate of drug-likeness (QED) is 0.443. The molecule has 2 fully saturated rings. The van der Waals surface area contributed by atoms with Gasteiger partial charge in [0.05, 0.1) is 4.90 Å². The maximum atomic E-state index is 12.6. The Kier molecular flexibility index (Phi) is 7.74. The van der Waals surface area contributed by atoms with Crippen molar-refractivity contribution in [3.63, 3.8) is 0 Å². The lowest BCUT2D eigenvalue weighted by molar-refractivity contribution is -0.122. The monoisotopic (exact) mass is 472 g/mol. The van der Waals surface area contributed by atoms with E-state index in [-0.39, 0.29) is 16.8 Å². The van der Waals surface area contributed by atoms with Crippen LogP contribution in [-0.2, 0) is 27.9 Å². The van der Waals surface area contributed by atoms with Crippen LogP contribution in [0.5, 0.6) is 0 Å². The maximum Gasteiger partial charge on any atom is 0.239 e. The second-order valence-corrected chi connectivity index (χ2v) is 10.4. The van der Waals surface area contributed by atoms with Gasteiger partial charge < -0.3 is 5.32 Å². The lowest BCUT2D eigenvalue weighted by atomic mass is 9.96. The minimum absolute atomic E-state index is 0.0236. The first-order valence-electron chi connectivity index (χ1n) is 11.3. The minimum Gasteiger partial charge on any atom is -0.354 e. The van der Waals surface area contributed by atoms with Gasteiger partial charge in [0, 0.05) is 26.2 Å². The zero-order valence-electron chi connectivity index (χ0n) is 18.6. The van der Waals surface area contributed by atoms with Gasteiger partial charge in [-0.25, -0.2) is 24.0 Å². The number of carbonyl (C=O) groups is 1. The zero-order chi connectivity index (χ0) is 23.3. The van der Waals surface area contributed by atoms with E-state index in [1.54, 1.807) is 12.1 Å². The number of piperidine rings is 1. The molecule has 2 aromatic carbocycles. The summed E-state index contributed by atoms with van der Waals surface area (Å²) < 4.78 is 22.8. The molecule has 0 aliphatic carbocycles. The van der Waals surface area contributed by atoms with Crippen molar-refractivity contribution in [1.82, 2.24) is 26.2 Å². The van der Waals surface area contributed by atoms with Gasteiger partial charge in [0.1, 0.15) is 6.04 Å². The Morgan fingerprint density at radius 1 is 1.00 bits per heavy atom. The highest BCUT2D eigenvalue weighted by Crippen LogP contribution is 2.19. The molecule has 0 aromatic heterocycles. The number of likely N-dealkylation sites (tertiary alicyclic amines) is 1. The van der Waals surface area contributed by atoms with Gasteiger partial charge >= 0.3 is 0 Å². The van der Waals surface area contributed by atoms with Crippen molar-refractivity contribution in [3.8, 4) is 0 Å². The van der Waals surface area contributed by atoms with E-state index in [4.69, 9.17) is 5.14 Å². The van der Waals surface area contributed by atoms with Gasteiger partial charge in [-0.15, -0.1) is 0 Å². The fraction of sp³-hybridized carbons (Fsp3) is 0.435. The van der Waals surface area contributed by atoms with Gasteiger partial charge in [0.15, 0.2) is 0 Å². The first kappa shape index (κ1) is 23.8. The van der Waals surface area contributed by atoms with Crippen LogP contribution >= 0.6 is 0 Å². The molecule has 0 bridgehead atoms. The van der Waals surface area contributed by atoms with Crippen LogP contribution in [0, 0.1) is 5.92 Å². The molecule has 1 atom stereocenters. The van der Waals surface area contributed by atoms with Crippen LogP contribution in [0.1, 0.15) is 24.0 Å². The Labute approximate surface area is 195 Å². The van der Waals surface area contributed by atoms with Crippen LogP contribution in [0.3, 0.4) is 0 Å². The second-order valence-electron chi connectivity index (χ2n) is 8.83. The van der Waals surface area contributed by atoms with Crippen molar-refractivity contribution in [2.45, 2.75) is 36.9 Å². The predicted octanol–water partition coefficient (Wildman–Crippen LogP) is 0.556. The third-order valence-electron chi connectivity index (χ3n) is 6.26. The molecule has 5 N–H and O–H groups in total. The van der Waals surface area contributed by atoms with Crippen molar-refractivity contribution in [3.05, 3.63) is 65.7 Å². The smallest absolute Gasteiger partial charge is 0.239 e. The Balaban J connectivity index is 1.15. The predicted molar refractivity (Wildman–Crippen MR) is 126 cm³/mol. The third kappa shape index (κ3) is 6.83. The summed E-state index contributed by atoms with van der Waals surface area (Å²) in [5.41, 5.74) is 8.42. The van der Waals surface area contributed by atoms with Gasteiger partial charge in [0.2, 0.25) is 15.9 Å². The molecule has 0 saturated carbocycles. The lowest BCUT2D eigenvalue weighted by Gasteiger charge is -2.32. The van der Waals surface area contributed by atoms with Crippen molar-refractivity contribution >= 4 is 15.9 Å². The molecule has 2 aromatic rings. The summed E-state index contributed by atoms with van der Waals surface area (Å²) in [6, 6.07) is 16.6. The molecule has 9 nitrogen and oxygen atoms in total. The van der Waals surface area contributed by atoms with Gasteiger partial charge in [-0.1, -0.05) is 42.5 Å². The summed E-state index contributed by atoms with van der Waals surface area (Å²) in [5.74, 6) is 0.486. The fourth-order valence-electron chi connectivity index (χ4n) is 4.30. The van der Waals surface area contributed by atoms with E-state index in [2.05, 4.69) is 33.3 Å². The Morgan fingerprint density at radius 3 is 2.33 bits per heavy atom. The minimum atomic E-state index is -3.66. The number of rotatable bonds is 8. The van der Waals surface area contributed by atoms with Gasteiger partial charge in [0.25, 0.3) is 0 Å². The molecule has 1 amide bonds. The number of primary sulfonamides is 1. The molecule has 178 valence electrons. The number of carbonyl (C=O) groups excluding carboxylic acids is 1. The van der Waals surface area contributed by atoms with E-state index in [0.29, 0.717) is 19.0 Å². The van der Waals surface area contributed by atoms with Crippen LogP contribution in [0.25, 0.3) is 0 Å². The highest BCUT2D eigenvalue weighted by atomic mass is 32.2. The zero-order valence-corrected chi connectivity index (χ0v) is 19.4. The largest absolute Gasteiger partial charge is 0.354 e. The van der Waals surface area contributed by atoms with Gasteiger partial charge in [-0.3, -0.25) is 9.69 Å². The third-order valence-corrected chi connectivity index (χ3v) is 7.19. The number of sulfonamides is 1. The van der Waals surface area contributed by atoms with E-state index < -0.39 is 10.0 Å². The van der Waals surface area contributed by atoms with E-state index in [0.717, 1.165) is 44.6 Å². The number of hydrazine groups is 2. The fourth-order valence-corrected chi connectivity index (χ4v) is 4.81. The van der Waals surface area contributed by atoms with Crippen molar-refractivity contribution in [1.29, 1.82) is 0 Å². The molecule has 0 radical (unpaired) electrons. The Hall–Kier alpha value is -2.34. The number of nitrogens with zero attached hydrogens (tertiary/aromatic N) is 2. The summed E-state index contributed by atoms with van der Waals surface area (Å²) in [6.45, 7) is 4.72. The Morgan fingerprint density at radius 2 is 1.67 bits per heavy atom. The summed E-state index contributed by atoms with van der Waals surface area (Å²) in [4.78, 5) is 15.1. The molecule has 2 aliphatic heterocycles. The topological polar surface area (TPSA) is 120 Å². The highest BCUT2D eigenvalue weighted by Gasteiger charge is 2.28. The van der Waals surface area contributed by atoms with E-state index >= 15 is 0 Å². The molecular weight excluding hydrogens is 440 g/mol. The van der Waals surface area contributed by atoms with Gasteiger partial charge in [-0.2, -0.15) is 5.53 Å². The van der Waals surface area contributed by atoms with Crippen LogP contribution in [-0.4, -0.2) is 56.5 Å². The standard InChI is InChI=1S/C23H32N6O3S/c24-33(31,32)21-8-6-20(7-9-21)15-28-12-10-18(11-13-28)14-25-23(30)22-17-29(27-26-22)16-19-4-2-1-3-5-19/h1-9,18,22,26-27H,10-17H2,(H,25,30)(H2,24,31,32). The SMILES string of the molecule is NS(=O)(=O)c1ccc(CN2CCC(CNC(=O)C3CN(Cc4ccccc4)NN3)CC2)cc1. The Bertz CT molecular complexity index is 1020. The number of nitrogens with one attached hydrogen (secondary N) is 3. The van der Waals surface area contributed by atoms with Gasteiger partial charge in [-0.05, 0) is 55.1 Å². The first-order valence-corrected chi connectivity index (χ1v) is 12.8. The maximum absolute atomic E-state index is 12.6. The second kappa shape index (κ2) is 10.7. The van der Waals surface area contributed by atoms with Crippen LogP contribution in [0.4, 0.5) is 0 Å². The number of amides is 1. The molecule has 1 unspecified atom stereocenters.